The summed E-state index contributed by atoms with van der Waals surface area (Å²) < 4.78 is 4.45. The fourth-order valence-corrected chi connectivity index (χ4v) is 3.76. The Labute approximate surface area is 158 Å². The summed E-state index contributed by atoms with van der Waals surface area (Å²) in [5, 5.41) is 1.26. The minimum absolute atomic E-state index is 0.0324. The number of imidazole rings is 1. The Bertz CT molecular complexity index is 1190. The summed E-state index contributed by atoms with van der Waals surface area (Å²) in [6.07, 6.45) is 12.9. The number of nitrogens with zero attached hydrogens (tertiary/aromatic N) is 3. The molecular formula is C24H21N3. The highest BCUT2D eigenvalue weighted by Gasteiger charge is 2.21. The van der Waals surface area contributed by atoms with Gasteiger partial charge in [-0.3, -0.25) is 9.13 Å². The first-order valence-electron chi connectivity index (χ1n) is 9.24. The van der Waals surface area contributed by atoms with Crippen LogP contribution in [-0.2, 0) is 0 Å². The van der Waals surface area contributed by atoms with Crippen molar-refractivity contribution in [3.05, 3.63) is 90.5 Å². The molecular weight excluding hydrogens is 330 g/mol. The largest absolute Gasteiger partial charge is 0.294 e. The van der Waals surface area contributed by atoms with Gasteiger partial charge in [-0.1, -0.05) is 68.5 Å². The first kappa shape index (κ1) is 15.9. The Morgan fingerprint density at radius 2 is 1.59 bits per heavy atom. The highest BCUT2D eigenvalue weighted by molar-refractivity contribution is 5.96. The molecule has 1 aliphatic carbocycles. The molecule has 1 aliphatic rings. The van der Waals surface area contributed by atoms with E-state index in [-0.39, 0.29) is 5.41 Å². The molecule has 2 aromatic carbocycles. The lowest BCUT2D eigenvalue weighted by molar-refractivity contribution is 0.633. The molecule has 3 nitrogen and oxygen atoms in total. The Kier molecular flexibility index (Phi) is 3.44. The van der Waals surface area contributed by atoms with Crippen molar-refractivity contribution in [1.82, 2.24) is 14.1 Å². The van der Waals surface area contributed by atoms with Gasteiger partial charge in [0.05, 0.1) is 17.4 Å². The highest BCUT2D eigenvalue weighted by atomic mass is 15.2. The maximum Gasteiger partial charge on any atom is 0.142 e. The molecule has 27 heavy (non-hydrogen) atoms. The molecule has 2 heterocycles. The Balaban J connectivity index is 1.84. The second-order valence-electron chi connectivity index (χ2n) is 7.60. The number of para-hydroxylation sites is 2. The van der Waals surface area contributed by atoms with Gasteiger partial charge in [0.1, 0.15) is 12.1 Å². The van der Waals surface area contributed by atoms with Crippen LogP contribution in [0.25, 0.3) is 34.6 Å². The van der Waals surface area contributed by atoms with Crippen LogP contribution < -0.4 is 0 Å². The van der Waals surface area contributed by atoms with E-state index in [1.807, 2.05) is 18.6 Å². The first-order chi connectivity index (χ1) is 13.1. The van der Waals surface area contributed by atoms with Gasteiger partial charge < -0.3 is 0 Å². The zero-order valence-electron chi connectivity index (χ0n) is 15.5. The van der Waals surface area contributed by atoms with E-state index < -0.39 is 0 Å². The summed E-state index contributed by atoms with van der Waals surface area (Å²) in [6, 6.07) is 18.9. The van der Waals surface area contributed by atoms with E-state index in [2.05, 4.69) is 101 Å². The van der Waals surface area contributed by atoms with Gasteiger partial charge in [-0.2, -0.15) is 0 Å². The standard InChI is InChI=1S/C24H21N3/c1-24(2)14-12-20-19-10-6-7-11-21(19)27(22(20)13-15-24)23-16-25-17-26(23)18-8-4-3-5-9-18/h3-17H,1-2H3. The molecule has 4 aromatic rings. The maximum absolute atomic E-state index is 4.46. The number of aromatic nitrogens is 3. The summed E-state index contributed by atoms with van der Waals surface area (Å²) in [6.45, 7) is 4.46. The molecule has 2 aromatic heterocycles. The molecule has 0 amide bonds. The zero-order chi connectivity index (χ0) is 18.4. The van der Waals surface area contributed by atoms with E-state index in [0.29, 0.717) is 0 Å². The Morgan fingerprint density at radius 1 is 0.852 bits per heavy atom. The third-order valence-electron chi connectivity index (χ3n) is 5.18. The SMILES string of the molecule is CC1(C)C=Cc2c(n(-c3cncn3-c3ccccc3)c3ccccc23)C=C1. The van der Waals surface area contributed by atoms with Crippen molar-refractivity contribution in [2.45, 2.75) is 13.8 Å². The van der Waals surface area contributed by atoms with Crippen molar-refractivity contribution in [1.29, 1.82) is 0 Å². The van der Waals surface area contributed by atoms with Gasteiger partial charge in [-0.15, -0.1) is 0 Å². The second kappa shape index (κ2) is 5.85. The topological polar surface area (TPSA) is 22.8 Å². The quantitative estimate of drug-likeness (QED) is 0.442. The third-order valence-corrected chi connectivity index (χ3v) is 5.18. The van der Waals surface area contributed by atoms with Gasteiger partial charge >= 0.3 is 0 Å². The van der Waals surface area contributed by atoms with Crippen molar-refractivity contribution in [3.63, 3.8) is 0 Å². The maximum atomic E-state index is 4.46. The number of allylic oxidation sites excluding steroid dienone is 2. The van der Waals surface area contributed by atoms with E-state index in [1.54, 1.807) is 0 Å². The van der Waals surface area contributed by atoms with E-state index in [1.165, 1.54) is 22.2 Å². The first-order valence-corrected chi connectivity index (χ1v) is 9.24. The number of rotatable bonds is 2. The normalized spacial score (nSPS) is 15.0. The molecule has 0 saturated heterocycles. The van der Waals surface area contributed by atoms with E-state index in [9.17, 15) is 0 Å². The Morgan fingerprint density at radius 3 is 2.44 bits per heavy atom. The van der Waals surface area contributed by atoms with E-state index in [4.69, 9.17) is 0 Å². The molecule has 5 rings (SSSR count). The average molecular weight is 351 g/mol. The van der Waals surface area contributed by atoms with Gasteiger partial charge in [0.2, 0.25) is 0 Å². The monoisotopic (exact) mass is 351 g/mol. The lowest BCUT2D eigenvalue weighted by atomic mass is 9.93. The predicted molar refractivity (Wildman–Crippen MR) is 112 cm³/mol. The van der Waals surface area contributed by atoms with Gasteiger partial charge in [0.25, 0.3) is 0 Å². The predicted octanol–water partition coefficient (Wildman–Crippen LogP) is 5.88. The highest BCUT2D eigenvalue weighted by Crippen LogP contribution is 2.36. The zero-order valence-corrected chi connectivity index (χ0v) is 15.5. The smallest absolute Gasteiger partial charge is 0.142 e. The molecule has 0 bridgehead atoms. The van der Waals surface area contributed by atoms with Crippen molar-refractivity contribution in [2.75, 3.05) is 0 Å². The van der Waals surface area contributed by atoms with Crippen LogP contribution in [0.3, 0.4) is 0 Å². The van der Waals surface area contributed by atoms with Crippen LogP contribution in [0, 0.1) is 5.41 Å². The summed E-state index contributed by atoms with van der Waals surface area (Å²) in [4.78, 5) is 4.46. The molecule has 3 heteroatoms. The number of benzene rings is 2. The van der Waals surface area contributed by atoms with Gasteiger partial charge in [-0.05, 0) is 24.3 Å². The van der Waals surface area contributed by atoms with Crippen LogP contribution in [-0.4, -0.2) is 14.1 Å². The fourth-order valence-electron chi connectivity index (χ4n) is 3.76. The minimum atomic E-state index is 0.0324. The van der Waals surface area contributed by atoms with Crippen molar-refractivity contribution in [2.24, 2.45) is 5.41 Å². The number of hydrogen-bond donors (Lipinski definition) is 0. The minimum Gasteiger partial charge on any atom is -0.294 e. The lowest BCUT2D eigenvalue weighted by Gasteiger charge is -2.14. The van der Waals surface area contributed by atoms with Crippen LogP contribution in [0.5, 0.6) is 0 Å². The summed E-state index contributed by atoms with van der Waals surface area (Å²) in [5.41, 5.74) is 4.77. The molecule has 0 atom stereocenters. The van der Waals surface area contributed by atoms with Gasteiger partial charge in [0.15, 0.2) is 0 Å². The van der Waals surface area contributed by atoms with Crippen molar-refractivity contribution >= 4 is 23.1 Å². The number of fused-ring (bicyclic) bond motifs is 3. The van der Waals surface area contributed by atoms with E-state index >= 15 is 0 Å². The molecule has 0 fully saturated rings. The number of hydrogen-bond acceptors (Lipinski definition) is 1. The molecule has 132 valence electrons. The molecule has 0 N–H and O–H groups in total. The van der Waals surface area contributed by atoms with Crippen LogP contribution >= 0.6 is 0 Å². The summed E-state index contributed by atoms with van der Waals surface area (Å²) in [5.74, 6) is 1.04. The van der Waals surface area contributed by atoms with Crippen LogP contribution in [0.15, 0.2) is 79.3 Å². The molecule has 0 aliphatic heterocycles. The summed E-state index contributed by atoms with van der Waals surface area (Å²) in [7, 11) is 0. The van der Waals surface area contributed by atoms with Crippen LogP contribution in [0.1, 0.15) is 25.1 Å². The second-order valence-corrected chi connectivity index (χ2v) is 7.60. The lowest BCUT2D eigenvalue weighted by Crippen LogP contribution is -2.05. The average Bonchev–Trinajstić information content (AvgIpc) is 3.23. The molecule has 0 saturated carbocycles. The van der Waals surface area contributed by atoms with E-state index in [0.717, 1.165) is 11.5 Å². The van der Waals surface area contributed by atoms with Crippen LogP contribution in [0.2, 0.25) is 0 Å². The Hall–Kier alpha value is -3.33. The molecule has 0 spiro atoms. The summed E-state index contributed by atoms with van der Waals surface area (Å²) >= 11 is 0. The molecule has 0 unspecified atom stereocenters. The van der Waals surface area contributed by atoms with Crippen molar-refractivity contribution < 1.29 is 0 Å². The van der Waals surface area contributed by atoms with Gasteiger partial charge in [0, 0.05) is 22.1 Å². The third kappa shape index (κ3) is 2.55. The van der Waals surface area contributed by atoms with Crippen molar-refractivity contribution in [3.8, 4) is 11.5 Å². The fraction of sp³-hybridized carbons (Fsp3) is 0.125. The van der Waals surface area contributed by atoms with Gasteiger partial charge in [-0.25, -0.2) is 4.98 Å². The molecule has 0 radical (unpaired) electrons. The van der Waals surface area contributed by atoms with Crippen LogP contribution in [0.4, 0.5) is 0 Å².